The van der Waals surface area contributed by atoms with E-state index in [9.17, 15) is 24.3 Å². The van der Waals surface area contributed by atoms with Crippen LogP contribution in [0.5, 0.6) is 0 Å². The number of aliphatic hydroxyl groups is 1. The van der Waals surface area contributed by atoms with E-state index < -0.39 is 54.5 Å². The molecule has 0 radical (unpaired) electrons. The van der Waals surface area contributed by atoms with Crippen molar-refractivity contribution in [3.8, 4) is 0 Å². The molecule has 2 atom stereocenters. The van der Waals surface area contributed by atoms with Crippen LogP contribution in [-0.4, -0.2) is 65.2 Å². The highest BCUT2D eigenvalue weighted by molar-refractivity contribution is 5.94. The van der Waals surface area contributed by atoms with Crippen LogP contribution in [0.3, 0.4) is 0 Å². The lowest BCUT2D eigenvalue weighted by molar-refractivity contribution is -0.143. The molecule has 4 amide bonds. The Labute approximate surface area is 207 Å². The molecule has 0 fully saturated rings. The van der Waals surface area contributed by atoms with Gasteiger partial charge in [0.1, 0.15) is 17.7 Å². The maximum absolute atomic E-state index is 13.6. The fraction of sp³-hybridized carbons (Fsp3) is 0.600. The molecule has 10 nitrogen and oxygen atoms in total. The third-order valence-electron chi connectivity index (χ3n) is 5.05. The molecule has 0 heterocycles. The van der Waals surface area contributed by atoms with Crippen molar-refractivity contribution in [2.45, 2.75) is 78.0 Å². The van der Waals surface area contributed by atoms with E-state index in [0.29, 0.717) is 12.1 Å². The van der Waals surface area contributed by atoms with Crippen molar-refractivity contribution in [2.75, 3.05) is 19.7 Å². The zero-order valence-corrected chi connectivity index (χ0v) is 21.4. The van der Waals surface area contributed by atoms with Crippen LogP contribution in [-0.2, 0) is 19.1 Å². The quantitative estimate of drug-likeness (QED) is 0.309. The predicted molar refractivity (Wildman–Crippen MR) is 132 cm³/mol. The first-order valence-corrected chi connectivity index (χ1v) is 11.9. The van der Waals surface area contributed by atoms with Crippen LogP contribution in [0, 0.1) is 6.92 Å². The van der Waals surface area contributed by atoms with Crippen LogP contribution >= 0.6 is 0 Å². The van der Waals surface area contributed by atoms with Gasteiger partial charge < -0.3 is 31.1 Å². The van der Waals surface area contributed by atoms with E-state index in [4.69, 9.17) is 10.5 Å². The standard InChI is InChI=1S/C25H40N4O6/c1-6-7-8-13-27-22(32)21(18-11-9-17(2)10-12-18)29(14-15-30)23(33)19(16-20(26)31)28-24(34)35-25(3,4)5/h9-12,19,21,30H,6-8,13-16H2,1-5H3,(H2,26,31)(H,27,32)(H,28,34). The van der Waals surface area contributed by atoms with Crippen LogP contribution in [0.2, 0.25) is 0 Å². The second-order valence-corrected chi connectivity index (χ2v) is 9.44. The lowest BCUT2D eigenvalue weighted by atomic mass is 10.0. The molecule has 196 valence electrons. The van der Waals surface area contributed by atoms with Gasteiger partial charge in [-0.1, -0.05) is 49.6 Å². The van der Waals surface area contributed by atoms with Crippen LogP contribution in [0.4, 0.5) is 4.79 Å². The number of hydrogen-bond acceptors (Lipinski definition) is 6. The highest BCUT2D eigenvalue weighted by atomic mass is 16.6. The number of hydrogen-bond donors (Lipinski definition) is 4. The Balaban J connectivity index is 3.33. The lowest BCUT2D eigenvalue weighted by Gasteiger charge is -2.34. The minimum absolute atomic E-state index is 0.203. The predicted octanol–water partition coefficient (Wildman–Crippen LogP) is 1.93. The normalized spacial score (nSPS) is 12.9. The molecule has 0 bridgehead atoms. The number of alkyl carbamates (subject to hydrolysis) is 1. The zero-order valence-electron chi connectivity index (χ0n) is 21.4. The largest absolute Gasteiger partial charge is 0.444 e. The Bertz CT molecular complexity index is 851. The van der Waals surface area contributed by atoms with Gasteiger partial charge in [0.15, 0.2) is 0 Å². The number of unbranched alkanes of at least 4 members (excludes halogenated alkanes) is 2. The van der Waals surface area contributed by atoms with Crippen LogP contribution in [0.1, 0.15) is 70.5 Å². The van der Waals surface area contributed by atoms with Crippen LogP contribution in [0.15, 0.2) is 24.3 Å². The molecule has 1 aromatic rings. The summed E-state index contributed by atoms with van der Waals surface area (Å²) >= 11 is 0. The highest BCUT2D eigenvalue weighted by Crippen LogP contribution is 2.23. The minimum Gasteiger partial charge on any atom is -0.444 e. The number of carbonyl (C=O) groups is 4. The molecule has 0 aromatic heterocycles. The number of nitrogens with zero attached hydrogens (tertiary/aromatic N) is 1. The number of aryl methyl sites for hydroxylation is 1. The van der Waals surface area contributed by atoms with Gasteiger partial charge in [0.2, 0.25) is 17.7 Å². The average molecular weight is 493 g/mol. The summed E-state index contributed by atoms with van der Waals surface area (Å²) in [6, 6.07) is 4.62. The van der Waals surface area contributed by atoms with Crippen LogP contribution in [0.25, 0.3) is 0 Å². The topological polar surface area (TPSA) is 151 Å². The van der Waals surface area contributed by atoms with Crippen molar-refractivity contribution in [3.05, 3.63) is 35.4 Å². The fourth-order valence-corrected chi connectivity index (χ4v) is 3.43. The third-order valence-corrected chi connectivity index (χ3v) is 5.05. The number of ether oxygens (including phenoxy) is 1. The van der Waals surface area contributed by atoms with E-state index in [0.717, 1.165) is 29.7 Å². The molecule has 10 heteroatoms. The van der Waals surface area contributed by atoms with Gasteiger partial charge in [0.05, 0.1) is 13.0 Å². The summed E-state index contributed by atoms with van der Waals surface area (Å²) in [6.45, 7) is 8.71. The molecule has 0 spiro atoms. The Hall–Kier alpha value is -3.14. The van der Waals surface area contributed by atoms with E-state index in [1.54, 1.807) is 32.9 Å². The smallest absolute Gasteiger partial charge is 0.408 e. The number of rotatable bonds is 13. The van der Waals surface area contributed by atoms with Gasteiger partial charge in [0, 0.05) is 13.1 Å². The van der Waals surface area contributed by atoms with E-state index >= 15 is 0 Å². The summed E-state index contributed by atoms with van der Waals surface area (Å²) in [6.07, 6.45) is 1.30. The maximum atomic E-state index is 13.6. The average Bonchev–Trinajstić information content (AvgIpc) is 2.75. The Morgan fingerprint density at radius 3 is 2.26 bits per heavy atom. The minimum atomic E-state index is -1.38. The first kappa shape index (κ1) is 29.9. The van der Waals surface area contributed by atoms with Gasteiger partial charge in [-0.25, -0.2) is 4.79 Å². The Morgan fingerprint density at radius 2 is 1.74 bits per heavy atom. The van der Waals surface area contributed by atoms with Crippen molar-refractivity contribution in [1.29, 1.82) is 0 Å². The van der Waals surface area contributed by atoms with Gasteiger partial charge in [-0.2, -0.15) is 0 Å². The summed E-state index contributed by atoms with van der Waals surface area (Å²) in [5.41, 5.74) is 6.00. The number of primary amides is 1. The molecule has 0 saturated carbocycles. The van der Waals surface area contributed by atoms with Crippen molar-refractivity contribution in [3.63, 3.8) is 0 Å². The first-order valence-electron chi connectivity index (χ1n) is 11.9. The Morgan fingerprint density at radius 1 is 1.11 bits per heavy atom. The van der Waals surface area contributed by atoms with E-state index in [-0.39, 0.29) is 6.54 Å². The van der Waals surface area contributed by atoms with Gasteiger partial charge in [0.25, 0.3) is 0 Å². The number of benzene rings is 1. The molecule has 0 aliphatic rings. The van der Waals surface area contributed by atoms with E-state index in [1.165, 1.54) is 0 Å². The van der Waals surface area contributed by atoms with Crippen molar-refractivity contribution >= 4 is 23.8 Å². The number of carbonyl (C=O) groups excluding carboxylic acids is 4. The van der Waals surface area contributed by atoms with E-state index in [2.05, 4.69) is 17.6 Å². The molecule has 0 saturated heterocycles. The summed E-state index contributed by atoms with van der Waals surface area (Å²) in [7, 11) is 0. The summed E-state index contributed by atoms with van der Waals surface area (Å²) in [4.78, 5) is 52.1. The molecule has 0 aliphatic carbocycles. The second kappa shape index (κ2) is 14.3. The fourth-order valence-electron chi connectivity index (χ4n) is 3.43. The summed E-state index contributed by atoms with van der Waals surface area (Å²) < 4.78 is 5.22. The van der Waals surface area contributed by atoms with Crippen LogP contribution < -0.4 is 16.4 Å². The first-order chi connectivity index (χ1) is 16.4. The second-order valence-electron chi connectivity index (χ2n) is 9.44. The molecular weight excluding hydrogens is 452 g/mol. The molecule has 1 aromatic carbocycles. The lowest BCUT2D eigenvalue weighted by Crippen LogP contribution is -2.54. The monoisotopic (exact) mass is 492 g/mol. The van der Waals surface area contributed by atoms with Gasteiger partial charge in [-0.3, -0.25) is 14.4 Å². The van der Waals surface area contributed by atoms with Crippen molar-refractivity contribution in [2.24, 2.45) is 5.73 Å². The highest BCUT2D eigenvalue weighted by Gasteiger charge is 2.36. The van der Waals surface area contributed by atoms with Crippen molar-refractivity contribution in [1.82, 2.24) is 15.5 Å². The SMILES string of the molecule is CCCCCNC(=O)C(c1ccc(C)cc1)N(CCO)C(=O)C(CC(N)=O)NC(=O)OC(C)(C)C. The number of nitrogens with two attached hydrogens (primary N) is 1. The number of aliphatic hydroxyl groups excluding tert-OH is 1. The molecule has 1 rings (SSSR count). The molecule has 0 aliphatic heterocycles. The maximum Gasteiger partial charge on any atom is 0.408 e. The molecule has 35 heavy (non-hydrogen) atoms. The molecule has 2 unspecified atom stereocenters. The molecular formula is C25H40N4O6. The van der Waals surface area contributed by atoms with E-state index in [1.807, 2.05) is 19.1 Å². The van der Waals surface area contributed by atoms with Gasteiger partial charge >= 0.3 is 6.09 Å². The number of nitrogens with one attached hydrogen (secondary N) is 2. The zero-order chi connectivity index (χ0) is 26.6. The number of amides is 4. The Kier molecular flexibility index (Phi) is 12.2. The summed E-state index contributed by atoms with van der Waals surface area (Å²) in [5.74, 6) is -1.99. The third kappa shape index (κ3) is 10.8. The van der Waals surface area contributed by atoms with Gasteiger partial charge in [-0.15, -0.1) is 0 Å². The van der Waals surface area contributed by atoms with Gasteiger partial charge in [-0.05, 0) is 39.7 Å². The van der Waals surface area contributed by atoms with Crippen molar-refractivity contribution < 1.29 is 29.0 Å². The molecule has 5 N–H and O–H groups in total. The summed E-state index contributed by atoms with van der Waals surface area (Å²) in [5, 5.41) is 15.0.